The summed E-state index contributed by atoms with van der Waals surface area (Å²) in [7, 11) is 1.61. The summed E-state index contributed by atoms with van der Waals surface area (Å²) < 4.78 is 26.1. The van der Waals surface area contributed by atoms with E-state index in [1.165, 1.54) is 6.07 Å². The number of ether oxygens (including phenoxy) is 2. The van der Waals surface area contributed by atoms with Gasteiger partial charge in [0.2, 0.25) is 0 Å². The van der Waals surface area contributed by atoms with Crippen LogP contribution in [0, 0.1) is 5.82 Å². The normalized spacial score (nSPS) is 17.1. The van der Waals surface area contributed by atoms with Gasteiger partial charge in [-0.05, 0) is 48.9 Å². The molecule has 0 saturated heterocycles. The number of hydrogen-bond donors (Lipinski definition) is 0. The first-order valence-electron chi connectivity index (χ1n) is 10.0. The topological polar surface area (TPSA) is 38.8 Å². The van der Waals surface area contributed by atoms with Gasteiger partial charge in [-0.1, -0.05) is 26.0 Å². The molecule has 3 rings (SSSR count). The predicted molar refractivity (Wildman–Crippen MR) is 117 cm³/mol. The molecule has 6 heteroatoms. The van der Waals surface area contributed by atoms with E-state index >= 15 is 0 Å². The monoisotopic (exact) mass is 417 g/mol. The van der Waals surface area contributed by atoms with Crippen molar-refractivity contribution in [2.45, 2.75) is 38.5 Å². The van der Waals surface area contributed by atoms with E-state index in [0.717, 1.165) is 23.5 Å². The van der Waals surface area contributed by atoms with Gasteiger partial charge in [-0.2, -0.15) is 0 Å². The molecular weight excluding hydrogens is 389 g/mol. The van der Waals surface area contributed by atoms with Crippen LogP contribution in [-0.4, -0.2) is 37.2 Å². The van der Waals surface area contributed by atoms with E-state index in [1.54, 1.807) is 24.9 Å². The standard InChI is InChI=1S/C23H28FNO3S/c1-5-13-28-20-12-11-19(24)21-22(20)25(15(3)29-6-2)14-18(23(21)26)16-7-9-17(27-4)10-8-16/h7-12,15,18H,5-6,13-14H2,1-4H3. The van der Waals surface area contributed by atoms with E-state index in [0.29, 0.717) is 24.6 Å². The zero-order valence-corrected chi connectivity index (χ0v) is 18.2. The molecule has 2 atom stereocenters. The number of nitrogens with zero attached hydrogens (tertiary/aromatic N) is 1. The van der Waals surface area contributed by atoms with Gasteiger partial charge < -0.3 is 14.4 Å². The summed E-state index contributed by atoms with van der Waals surface area (Å²) in [4.78, 5) is 15.5. The van der Waals surface area contributed by atoms with Crippen LogP contribution in [0.3, 0.4) is 0 Å². The fraction of sp³-hybridized carbons (Fsp3) is 0.435. The molecule has 0 spiro atoms. The lowest BCUT2D eigenvalue weighted by atomic mass is 9.85. The summed E-state index contributed by atoms with van der Waals surface area (Å²) in [6.07, 6.45) is 0.841. The number of benzene rings is 2. The average molecular weight is 418 g/mol. The lowest BCUT2D eigenvalue weighted by molar-refractivity contribution is 0.0950. The van der Waals surface area contributed by atoms with Crippen LogP contribution in [0.1, 0.15) is 49.0 Å². The number of carbonyl (C=O) groups excluding carboxylic acids is 1. The van der Waals surface area contributed by atoms with Crippen LogP contribution in [0.15, 0.2) is 36.4 Å². The maximum absolute atomic E-state index is 14.9. The molecule has 0 bridgehead atoms. The largest absolute Gasteiger partial charge is 0.497 e. The molecule has 0 radical (unpaired) electrons. The highest BCUT2D eigenvalue weighted by molar-refractivity contribution is 7.99. The van der Waals surface area contributed by atoms with Gasteiger partial charge >= 0.3 is 0 Å². The second-order valence-corrected chi connectivity index (χ2v) is 8.61. The maximum atomic E-state index is 14.9. The molecule has 156 valence electrons. The minimum atomic E-state index is -0.495. The molecule has 0 amide bonds. The van der Waals surface area contributed by atoms with Crippen LogP contribution < -0.4 is 14.4 Å². The first-order valence-corrected chi connectivity index (χ1v) is 11.1. The van der Waals surface area contributed by atoms with E-state index in [2.05, 4.69) is 18.7 Å². The fourth-order valence-electron chi connectivity index (χ4n) is 3.70. The Morgan fingerprint density at radius 1 is 1.21 bits per heavy atom. The molecule has 4 nitrogen and oxygen atoms in total. The second kappa shape index (κ2) is 9.53. The molecule has 1 aliphatic rings. The van der Waals surface area contributed by atoms with Gasteiger partial charge in [0, 0.05) is 6.54 Å². The Kier molecular flexibility index (Phi) is 7.06. The maximum Gasteiger partial charge on any atom is 0.177 e. The van der Waals surface area contributed by atoms with Crippen molar-refractivity contribution in [2.75, 3.05) is 30.9 Å². The van der Waals surface area contributed by atoms with Crippen LogP contribution in [0.4, 0.5) is 10.1 Å². The number of halogens is 1. The van der Waals surface area contributed by atoms with Gasteiger partial charge in [0.15, 0.2) is 5.78 Å². The Balaban J connectivity index is 2.10. The minimum absolute atomic E-state index is 0.0818. The van der Waals surface area contributed by atoms with E-state index in [9.17, 15) is 9.18 Å². The first-order chi connectivity index (χ1) is 14.0. The Labute approximate surface area is 176 Å². The Morgan fingerprint density at radius 3 is 2.55 bits per heavy atom. The van der Waals surface area contributed by atoms with Crippen molar-refractivity contribution in [2.24, 2.45) is 0 Å². The van der Waals surface area contributed by atoms with Crippen molar-refractivity contribution < 1.29 is 18.7 Å². The average Bonchev–Trinajstić information content (AvgIpc) is 2.73. The van der Waals surface area contributed by atoms with E-state index in [-0.39, 0.29) is 16.7 Å². The third-order valence-corrected chi connectivity index (χ3v) is 6.22. The third-order valence-electron chi connectivity index (χ3n) is 5.15. The molecule has 0 N–H and O–H groups in total. The van der Waals surface area contributed by atoms with Crippen molar-refractivity contribution in [3.8, 4) is 11.5 Å². The number of carbonyl (C=O) groups is 1. The molecule has 1 aliphatic heterocycles. The summed E-state index contributed by atoms with van der Waals surface area (Å²) in [6, 6.07) is 10.4. The van der Waals surface area contributed by atoms with Crippen molar-refractivity contribution in [3.05, 3.63) is 53.3 Å². The van der Waals surface area contributed by atoms with Gasteiger partial charge in [-0.15, -0.1) is 11.8 Å². The van der Waals surface area contributed by atoms with E-state index < -0.39 is 11.7 Å². The van der Waals surface area contributed by atoms with E-state index in [1.807, 2.05) is 31.2 Å². The molecule has 29 heavy (non-hydrogen) atoms. The summed E-state index contributed by atoms with van der Waals surface area (Å²) in [5.41, 5.74) is 1.58. The van der Waals surface area contributed by atoms with Crippen LogP contribution in [-0.2, 0) is 0 Å². The Hall–Kier alpha value is -2.21. The summed E-state index contributed by atoms with van der Waals surface area (Å²) >= 11 is 1.76. The SMILES string of the molecule is CCCOc1ccc(F)c2c1N(C(C)SCC)CC(c1ccc(OC)cc1)C2=O. The van der Waals surface area contributed by atoms with Gasteiger partial charge in [-0.25, -0.2) is 4.39 Å². The molecule has 0 aliphatic carbocycles. The van der Waals surface area contributed by atoms with Gasteiger partial charge in [0.25, 0.3) is 0 Å². The highest BCUT2D eigenvalue weighted by atomic mass is 32.2. The Bertz CT molecular complexity index is 856. The number of hydrogen-bond acceptors (Lipinski definition) is 5. The number of fused-ring (bicyclic) bond motifs is 1. The lowest BCUT2D eigenvalue weighted by Crippen LogP contribution is -2.42. The van der Waals surface area contributed by atoms with Crippen LogP contribution in [0.25, 0.3) is 0 Å². The fourth-order valence-corrected chi connectivity index (χ4v) is 4.55. The number of thioether (sulfide) groups is 1. The minimum Gasteiger partial charge on any atom is -0.497 e. The molecule has 0 fully saturated rings. The first kappa shape index (κ1) is 21.5. The van der Waals surface area contributed by atoms with Crippen molar-refractivity contribution in [1.82, 2.24) is 0 Å². The smallest absolute Gasteiger partial charge is 0.177 e. The third kappa shape index (κ3) is 4.37. The van der Waals surface area contributed by atoms with Crippen molar-refractivity contribution in [3.63, 3.8) is 0 Å². The van der Waals surface area contributed by atoms with Gasteiger partial charge in [0.05, 0.1) is 36.3 Å². The number of anilines is 1. The molecular formula is C23H28FNO3S. The summed E-state index contributed by atoms with van der Waals surface area (Å²) in [6.45, 7) is 7.22. The molecule has 1 heterocycles. The highest BCUT2D eigenvalue weighted by Gasteiger charge is 2.39. The van der Waals surface area contributed by atoms with Gasteiger partial charge in [0.1, 0.15) is 17.3 Å². The molecule has 2 aromatic carbocycles. The number of methoxy groups -OCH3 is 1. The van der Waals surface area contributed by atoms with Crippen molar-refractivity contribution in [1.29, 1.82) is 0 Å². The summed E-state index contributed by atoms with van der Waals surface area (Å²) in [5.74, 6) is 1.10. The Morgan fingerprint density at radius 2 is 1.93 bits per heavy atom. The lowest BCUT2D eigenvalue weighted by Gasteiger charge is -2.40. The molecule has 0 aromatic heterocycles. The number of ketones is 1. The van der Waals surface area contributed by atoms with Gasteiger partial charge in [-0.3, -0.25) is 4.79 Å². The summed E-state index contributed by atoms with van der Waals surface area (Å²) in [5, 5.41) is 0.0818. The van der Waals surface area contributed by atoms with Crippen LogP contribution >= 0.6 is 11.8 Å². The number of Topliss-reactive ketones (excluding diaryl/α,β-unsaturated/α-hetero) is 1. The van der Waals surface area contributed by atoms with Crippen LogP contribution in [0.2, 0.25) is 0 Å². The molecule has 0 saturated carbocycles. The van der Waals surface area contributed by atoms with Crippen LogP contribution in [0.5, 0.6) is 11.5 Å². The zero-order chi connectivity index (χ0) is 21.0. The second-order valence-electron chi connectivity index (χ2n) is 7.01. The quantitative estimate of drug-likeness (QED) is 0.566. The van der Waals surface area contributed by atoms with Crippen molar-refractivity contribution >= 4 is 23.2 Å². The highest BCUT2D eigenvalue weighted by Crippen LogP contribution is 2.44. The number of rotatable bonds is 8. The predicted octanol–water partition coefficient (Wildman–Crippen LogP) is 5.51. The zero-order valence-electron chi connectivity index (χ0n) is 17.4. The van der Waals surface area contributed by atoms with E-state index in [4.69, 9.17) is 9.47 Å². The molecule has 2 unspecified atom stereocenters. The molecule has 2 aromatic rings.